The van der Waals surface area contributed by atoms with Crippen molar-refractivity contribution in [3.63, 3.8) is 0 Å². The van der Waals surface area contributed by atoms with E-state index >= 15 is 0 Å². The van der Waals surface area contributed by atoms with Crippen molar-refractivity contribution in [1.82, 2.24) is 20.3 Å². The molecular formula is C19H18N4O3. The first-order valence-corrected chi connectivity index (χ1v) is 8.10. The molecule has 7 nitrogen and oxygen atoms in total. The first kappa shape index (κ1) is 17.3. The fourth-order valence-corrected chi connectivity index (χ4v) is 2.29. The molecule has 0 saturated heterocycles. The highest BCUT2D eigenvalue weighted by Crippen LogP contribution is 2.09. The lowest BCUT2D eigenvalue weighted by molar-refractivity contribution is -0.124. The van der Waals surface area contributed by atoms with Crippen LogP contribution >= 0.6 is 0 Å². The zero-order chi connectivity index (χ0) is 18.4. The van der Waals surface area contributed by atoms with E-state index in [1.54, 1.807) is 6.92 Å². The molecule has 0 aliphatic rings. The number of ether oxygens (including phenoxy) is 1. The quantitative estimate of drug-likeness (QED) is 0.688. The maximum atomic E-state index is 12.2. The molecule has 1 heterocycles. The normalized spacial score (nSPS) is 10.3. The van der Waals surface area contributed by atoms with Crippen LogP contribution in [0.15, 0.2) is 60.7 Å². The van der Waals surface area contributed by atoms with E-state index in [0.29, 0.717) is 12.2 Å². The third-order valence-electron chi connectivity index (χ3n) is 3.63. The van der Waals surface area contributed by atoms with Crippen molar-refractivity contribution in [2.45, 2.75) is 13.5 Å². The van der Waals surface area contributed by atoms with Gasteiger partial charge in [-0.25, -0.2) is 4.79 Å². The molecule has 7 heteroatoms. The molecule has 0 spiro atoms. The van der Waals surface area contributed by atoms with Gasteiger partial charge < -0.3 is 10.1 Å². The molecule has 0 radical (unpaired) electrons. The van der Waals surface area contributed by atoms with E-state index in [-0.39, 0.29) is 18.2 Å². The first-order valence-electron chi connectivity index (χ1n) is 8.10. The molecule has 1 N–H and O–H groups in total. The molecule has 0 aliphatic heterocycles. The Bertz CT molecular complexity index is 892. The third-order valence-corrected chi connectivity index (χ3v) is 3.63. The summed E-state index contributed by atoms with van der Waals surface area (Å²) in [6.45, 7) is 1.67. The number of nitrogens with one attached hydrogen (secondary N) is 1. The van der Waals surface area contributed by atoms with E-state index in [4.69, 9.17) is 4.74 Å². The van der Waals surface area contributed by atoms with Gasteiger partial charge in [0.1, 0.15) is 0 Å². The minimum atomic E-state index is -0.681. The molecule has 1 aromatic heterocycles. The van der Waals surface area contributed by atoms with E-state index in [2.05, 4.69) is 15.5 Å². The number of hydrogen-bond donors (Lipinski definition) is 1. The van der Waals surface area contributed by atoms with E-state index < -0.39 is 5.97 Å². The van der Waals surface area contributed by atoms with Gasteiger partial charge in [0, 0.05) is 6.54 Å². The van der Waals surface area contributed by atoms with Gasteiger partial charge in [0.2, 0.25) is 0 Å². The number of amides is 1. The molecule has 0 atom stereocenters. The van der Waals surface area contributed by atoms with Gasteiger partial charge in [0.05, 0.1) is 11.4 Å². The standard InChI is InChI=1S/C19H18N4O3/c1-14-18(22-23(21-14)16-10-6-3-7-11-16)19(25)26-13-17(24)20-12-15-8-4-2-5-9-15/h2-11H,12-13H2,1H3,(H,20,24). The van der Waals surface area contributed by atoms with Crippen molar-refractivity contribution in [3.8, 4) is 5.69 Å². The van der Waals surface area contributed by atoms with Crippen LogP contribution in [0.4, 0.5) is 0 Å². The fourth-order valence-electron chi connectivity index (χ4n) is 2.29. The second-order valence-corrected chi connectivity index (χ2v) is 5.60. The Hall–Kier alpha value is -3.48. The van der Waals surface area contributed by atoms with Gasteiger partial charge in [-0.3, -0.25) is 4.79 Å². The monoisotopic (exact) mass is 350 g/mol. The highest BCUT2D eigenvalue weighted by atomic mass is 16.5. The van der Waals surface area contributed by atoms with E-state index in [0.717, 1.165) is 11.3 Å². The number of esters is 1. The predicted molar refractivity (Wildman–Crippen MR) is 94.7 cm³/mol. The van der Waals surface area contributed by atoms with Crippen molar-refractivity contribution in [3.05, 3.63) is 77.6 Å². The molecule has 0 unspecified atom stereocenters. The van der Waals surface area contributed by atoms with E-state index in [1.165, 1.54) is 4.80 Å². The van der Waals surface area contributed by atoms with Crippen LogP contribution in [0, 0.1) is 6.92 Å². The predicted octanol–water partition coefficient (Wildman–Crippen LogP) is 2.05. The van der Waals surface area contributed by atoms with Gasteiger partial charge in [-0.1, -0.05) is 48.5 Å². The highest BCUT2D eigenvalue weighted by Gasteiger charge is 2.18. The summed E-state index contributed by atoms with van der Waals surface area (Å²) in [6, 6.07) is 18.7. The average molecular weight is 350 g/mol. The molecule has 0 fully saturated rings. The maximum Gasteiger partial charge on any atom is 0.361 e. The van der Waals surface area contributed by atoms with E-state index in [1.807, 2.05) is 60.7 Å². The Labute approximate surface area is 150 Å². The maximum absolute atomic E-state index is 12.2. The number of hydrogen-bond acceptors (Lipinski definition) is 5. The minimum absolute atomic E-state index is 0.0877. The summed E-state index contributed by atoms with van der Waals surface area (Å²) in [6.07, 6.45) is 0. The summed E-state index contributed by atoms with van der Waals surface area (Å²) in [5, 5.41) is 11.1. The van der Waals surface area contributed by atoms with Crippen molar-refractivity contribution >= 4 is 11.9 Å². The number of para-hydroxylation sites is 1. The lowest BCUT2D eigenvalue weighted by Gasteiger charge is -2.06. The summed E-state index contributed by atoms with van der Waals surface area (Å²) in [5.41, 5.74) is 2.22. The zero-order valence-corrected chi connectivity index (χ0v) is 14.3. The minimum Gasteiger partial charge on any atom is -0.451 e. The van der Waals surface area contributed by atoms with Crippen LogP contribution in [0.1, 0.15) is 21.7 Å². The van der Waals surface area contributed by atoms with Crippen molar-refractivity contribution in [2.24, 2.45) is 0 Å². The van der Waals surface area contributed by atoms with Gasteiger partial charge in [0.25, 0.3) is 5.91 Å². The molecule has 26 heavy (non-hydrogen) atoms. The summed E-state index contributed by atoms with van der Waals surface area (Å²) < 4.78 is 5.04. The average Bonchev–Trinajstić information content (AvgIpc) is 3.08. The molecule has 2 aromatic carbocycles. The smallest absolute Gasteiger partial charge is 0.361 e. The number of nitrogens with zero attached hydrogens (tertiary/aromatic N) is 3. The number of aromatic nitrogens is 3. The van der Waals surface area contributed by atoms with Crippen molar-refractivity contribution < 1.29 is 14.3 Å². The van der Waals surface area contributed by atoms with Gasteiger partial charge in [-0.15, -0.1) is 5.10 Å². The van der Waals surface area contributed by atoms with Gasteiger partial charge in [0.15, 0.2) is 12.3 Å². The Balaban J connectivity index is 1.55. The van der Waals surface area contributed by atoms with Crippen LogP contribution in [0.5, 0.6) is 0 Å². The Morgan fingerprint density at radius 2 is 1.65 bits per heavy atom. The number of rotatable bonds is 6. The molecule has 1 amide bonds. The first-order chi connectivity index (χ1) is 12.6. The van der Waals surface area contributed by atoms with Gasteiger partial charge >= 0.3 is 5.97 Å². The summed E-state index contributed by atoms with van der Waals surface area (Å²) in [7, 11) is 0. The Morgan fingerprint density at radius 1 is 1.00 bits per heavy atom. The molecule has 0 aliphatic carbocycles. The SMILES string of the molecule is Cc1nn(-c2ccccc2)nc1C(=O)OCC(=O)NCc1ccccc1. The Morgan fingerprint density at radius 3 is 2.35 bits per heavy atom. The summed E-state index contributed by atoms with van der Waals surface area (Å²) in [4.78, 5) is 25.4. The van der Waals surface area contributed by atoms with Crippen LogP contribution in [0.2, 0.25) is 0 Å². The number of benzene rings is 2. The number of carbonyl (C=O) groups is 2. The highest BCUT2D eigenvalue weighted by molar-refractivity contribution is 5.90. The van der Waals surface area contributed by atoms with Crippen LogP contribution in [-0.4, -0.2) is 33.5 Å². The fraction of sp³-hybridized carbons (Fsp3) is 0.158. The molecular weight excluding hydrogens is 332 g/mol. The topological polar surface area (TPSA) is 86.1 Å². The van der Waals surface area contributed by atoms with Crippen LogP contribution in [0.25, 0.3) is 5.69 Å². The molecule has 0 bridgehead atoms. The summed E-state index contributed by atoms with van der Waals surface area (Å²) >= 11 is 0. The molecule has 0 saturated carbocycles. The van der Waals surface area contributed by atoms with Gasteiger partial charge in [-0.2, -0.15) is 9.90 Å². The van der Waals surface area contributed by atoms with Gasteiger partial charge in [-0.05, 0) is 24.6 Å². The second kappa shape index (κ2) is 8.06. The molecule has 3 aromatic rings. The zero-order valence-electron chi connectivity index (χ0n) is 14.3. The van der Waals surface area contributed by atoms with E-state index in [9.17, 15) is 9.59 Å². The molecule has 3 rings (SSSR count). The van der Waals surface area contributed by atoms with Crippen molar-refractivity contribution in [1.29, 1.82) is 0 Å². The Kier molecular flexibility index (Phi) is 5.38. The number of aryl methyl sites for hydroxylation is 1. The number of carbonyl (C=O) groups excluding carboxylic acids is 2. The van der Waals surface area contributed by atoms with Crippen LogP contribution in [-0.2, 0) is 16.1 Å². The van der Waals surface area contributed by atoms with Crippen LogP contribution < -0.4 is 5.32 Å². The third kappa shape index (κ3) is 4.32. The van der Waals surface area contributed by atoms with Crippen LogP contribution in [0.3, 0.4) is 0 Å². The lowest BCUT2D eigenvalue weighted by Crippen LogP contribution is -2.28. The molecule has 132 valence electrons. The van der Waals surface area contributed by atoms with Crippen molar-refractivity contribution in [2.75, 3.05) is 6.61 Å². The second-order valence-electron chi connectivity index (χ2n) is 5.60. The lowest BCUT2D eigenvalue weighted by atomic mass is 10.2. The largest absolute Gasteiger partial charge is 0.451 e. The summed E-state index contributed by atoms with van der Waals surface area (Å²) in [5.74, 6) is -1.06.